The lowest BCUT2D eigenvalue weighted by atomic mass is 10.1. The van der Waals surface area contributed by atoms with Crippen LogP contribution in [0, 0.1) is 0 Å². The average Bonchev–Trinajstić information content (AvgIpc) is 2.28. The minimum absolute atomic E-state index is 0.443. The quantitative estimate of drug-likeness (QED) is 0.783. The van der Waals surface area contributed by atoms with Gasteiger partial charge in [0.25, 0.3) is 0 Å². The highest BCUT2D eigenvalue weighted by molar-refractivity contribution is 5.43. The van der Waals surface area contributed by atoms with E-state index >= 15 is 0 Å². The molecule has 0 radical (unpaired) electrons. The molecular formula is C15H25N3. The summed E-state index contributed by atoms with van der Waals surface area (Å²) in [4.78, 5) is 6.87. The van der Waals surface area contributed by atoms with E-state index in [4.69, 9.17) is 4.98 Å². The van der Waals surface area contributed by atoms with Crippen LogP contribution in [0.5, 0.6) is 0 Å². The zero-order valence-corrected chi connectivity index (χ0v) is 12.2. The maximum Gasteiger partial charge on any atom is 0.129 e. The van der Waals surface area contributed by atoms with E-state index in [0.717, 1.165) is 30.2 Å². The molecule has 0 amide bonds. The van der Waals surface area contributed by atoms with E-state index in [1.807, 2.05) is 14.0 Å². The van der Waals surface area contributed by atoms with Gasteiger partial charge < -0.3 is 10.2 Å². The molecule has 0 fully saturated rings. The molecule has 1 rings (SSSR count). The minimum Gasteiger partial charge on any atom is -0.356 e. The van der Waals surface area contributed by atoms with Crippen LogP contribution < -0.4 is 10.2 Å². The lowest BCUT2D eigenvalue weighted by molar-refractivity contribution is 0.781. The molecule has 0 aliphatic carbocycles. The zero-order chi connectivity index (χ0) is 13.7. The molecule has 0 bridgehead atoms. The van der Waals surface area contributed by atoms with Crippen molar-refractivity contribution >= 4 is 5.82 Å². The number of hydrogen-bond donors (Lipinski definition) is 1. The molecule has 0 aromatic carbocycles. The number of nitrogens with one attached hydrogen (secondary N) is 1. The van der Waals surface area contributed by atoms with Crippen LogP contribution in [0.15, 0.2) is 24.3 Å². The molecule has 3 nitrogen and oxygen atoms in total. The third kappa shape index (κ3) is 4.15. The van der Waals surface area contributed by atoms with Gasteiger partial charge in [-0.2, -0.15) is 0 Å². The number of pyridine rings is 1. The fourth-order valence-corrected chi connectivity index (χ4v) is 1.88. The smallest absolute Gasteiger partial charge is 0.129 e. The first-order valence-corrected chi connectivity index (χ1v) is 6.45. The Labute approximate surface area is 111 Å². The molecule has 0 aliphatic heterocycles. The fourth-order valence-electron chi connectivity index (χ4n) is 1.88. The molecule has 0 aliphatic rings. The Morgan fingerprint density at radius 2 is 2.11 bits per heavy atom. The van der Waals surface area contributed by atoms with Gasteiger partial charge in [0, 0.05) is 25.8 Å². The number of aromatic nitrogens is 1. The van der Waals surface area contributed by atoms with Crippen LogP contribution in [0.3, 0.4) is 0 Å². The summed E-state index contributed by atoms with van der Waals surface area (Å²) in [5, 5.41) is 3.19. The number of rotatable bonds is 6. The number of anilines is 1. The van der Waals surface area contributed by atoms with Crippen molar-refractivity contribution in [2.45, 2.75) is 33.2 Å². The summed E-state index contributed by atoms with van der Waals surface area (Å²) in [7, 11) is 4.02. The van der Waals surface area contributed by atoms with Gasteiger partial charge in [0.2, 0.25) is 0 Å². The Balaban J connectivity index is 3.05. The highest BCUT2D eigenvalue weighted by Crippen LogP contribution is 2.20. The lowest BCUT2D eigenvalue weighted by Gasteiger charge is -2.21. The van der Waals surface area contributed by atoms with E-state index in [9.17, 15) is 0 Å². The minimum atomic E-state index is 0.443. The Morgan fingerprint density at radius 1 is 1.44 bits per heavy atom. The van der Waals surface area contributed by atoms with Gasteiger partial charge in [-0.05, 0) is 37.6 Å². The van der Waals surface area contributed by atoms with Gasteiger partial charge in [-0.3, -0.25) is 0 Å². The monoisotopic (exact) mass is 247 g/mol. The van der Waals surface area contributed by atoms with Crippen molar-refractivity contribution < 1.29 is 0 Å². The molecule has 0 unspecified atom stereocenters. The van der Waals surface area contributed by atoms with E-state index in [1.165, 1.54) is 5.56 Å². The number of likely N-dealkylation sites (N-methyl/N-ethyl adjacent to an activating group) is 1. The predicted molar refractivity (Wildman–Crippen MR) is 79.2 cm³/mol. The van der Waals surface area contributed by atoms with Gasteiger partial charge in [-0.25, -0.2) is 4.98 Å². The first-order valence-electron chi connectivity index (χ1n) is 6.45. The summed E-state index contributed by atoms with van der Waals surface area (Å²) in [6, 6.07) is 4.32. The molecular weight excluding hydrogens is 222 g/mol. The summed E-state index contributed by atoms with van der Waals surface area (Å²) in [5.41, 5.74) is 3.57. The largest absolute Gasteiger partial charge is 0.356 e. The van der Waals surface area contributed by atoms with Crippen LogP contribution >= 0.6 is 0 Å². The molecule has 0 atom stereocenters. The van der Waals surface area contributed by atoms with Gasteiger partial charge >= 0.3 is 0 Å². The normalized spacial score (nSPS) is 10.8. The molecule has 1 heterocycles. The summed E-state index contributed by atoms with van der Waals surface area (Å²) in [6.07, 6.45) is 0. The van der Waals surface area contributed by atoms with Gasteiger partial charge in [0.15, 0.2) is 0 Å². The fraction of sp³-hybridized carbons (Fsp3) is 0.533. The molecule has 1 aromatic heterocycles. The zero-order valence-electron chi connectivity index (χ0n) is 12.2. The molecule has 0 spiro atoms. The Kier molecular flexibility index (Phi) is 5.35. The second-order valence-electron chi connectivity index (χ2n) is 5.26. The van der Waals surface area contributed by atoms with Crippen LogP contribution in [0.1, 0.15) is 37.9 Å². The average molecular weight is 247 g/mol. The van der Waals surface area contributed by atoms with Crippen molar-refractivity contribution in [1.29, 1.82) is 0 Å². The Bertz CT molecular complexity index is 410. The Hall–Kier alpha value is -1.35. The maximum atomic E-state index is 4.73. The Morgan fingerprint density at radius 3 is 2.61 bits per heavy atom. The van der Waals surface area contributed by atoms with E-state index in [1.54, 1.807) is 0 Å². The van der Waals surface area contributed by atoms with Crippen LogP contribution in [-0.4, -0.2) is 25.6 Å². The van der Waals surface area contributed by atoms with Gasteiger partial charge in [-0.15, -0.1) is 0 Å². The van der Waals surface area contributed by atoms with Crippen LogP contribution in [0.2, 0.25) is 0 Å². The van der Waals surface area contributed by atoms with Crippen LogP contribution in [0.25, 0.3) is 0 Å². The topological polar surface area (TPSA) is 28.2 Å². The molecule has 1 aromatic rings. The van der Waals surface area contributed by atoms with E-state index in [2.05, 4.69) is 49.8 Å². The molecule has 18 heavy (non-hydrogen) atoms. The van der Waals surface area contributed by atoms with E-state index in [-0.39, 0.29) is 0 Å². The van der Waals surface area contributed by atoms with Crippen molar-refractivity contribution in [1.82, 2.24) is 10.3 Å². The van der Waals surface area contributed by atoms with Gasteiger partial charge in [0.1, 0.15) is 5.82 Å². The van der Waals surface area contributed by atoms with Crippen LogP contribution in [0.4, 0.5) is 5.82 Å². The maximum absolute atomic E-state index is 4.73. The van der Waals surface area contributed by atoms with Crippen LogP contribution in [-0.2, 0) is 6.54 Å². The van der Waals surface area contributed by atoms with E-state index in [0.29, 0.717) is 5.92 Å². The van der Waals surface area contributed by atoms with Gasteiger partial charge in [-0.1, -0.05) is 26.0 Å². The molecule has 1 N–H and O–H groups in total. The lowest BCUT2D eigenvalue weighted by Crippen LogP contribution is -2.21. The van der Waals surface area contributed by atoms with E-state index < -0.39 is 0 Å². The highest BCUT2D eigenvalue weighted by Gasteiger charge is 2.09. The standard InChI is InChI=1S/C15H25N3/c1-11(2)10-18(6)15-8-13(9-16-5)7-14(17-15)12(3)4/h7-8,12,16H,1,9-10H2,2-6H3. The van der Waals surface area contributed by atoms with Crippen molar-refractivity contribution in [3.63, 3.8) is 0 Å². The number of hydrogen-bond acceptors (Lipinski definition) is 3. The van der Waals surface area contributed by atoms with Crippen molar-refractivity contribution in [3.8, 4) is 0 Å². The SMILES string of the molecule is C=C(C)CN(C)c1cc(CNC)cc(C(C)C)n1. The third-order valence-electron chi connectivity index (χ3n) is 2.76. The first-order chi connectivity index (χ1) is 8.43. The molecule has 3 heteroatoms. The highest BCUT2D eigenvalue weighted by atomic mass is 15.2. The summed E-state index contributed by atoms with van der Waals surface area (Å²) in [5.74, 6) is 1.47. The van der Waals surface area contributed by atoms with Crippen molar-refractivity contribution in [3.05, 3.63) is 35.5 Å². The number of nitrogens with zero attached hydrogens (tertiary/aromatic N) is 2. The second kappa shape index (κ2) is 6.55. The summed E-state index contributed by atoms with van der Waals surface area (Å²) < 4.78 is 0. The first kappa shape index (κ1) is 14.7. The molecule has 0 saturated carbocycles. The third-order valence-corrected chi connectivity index (χ3v) is 2.76. The molecule has 0 saturated heterocycles. The van der Waals surface area contributed by atoms with Crippen molar-refractivity contribution in [2.75, 3.05) is 25.5 Å². The van der Waals surface area contributed by atoms with Gasteiger partial charge in [0.05, 0.1) is 0 Å². The molecule has 100 valence electrons. The second-order valence-corrected chi connectivity index (χ2v) is 5.26. The summed E-state index contributed by atoms with van der Waals surface area (Å²) in [6.45, 7) is 12.1. The predicted octanol–water partition coefficient (Wildman–Crippen LogP) is 2.94. The van der Waals surface area contributed by atoms with Crippen molar-refractivity contribution in [2.24, 2.45) is 0 Å². The summed E-state index contributed by atoms with van der Waals surface area (Å²) >= 11 is 0.